The summed E-state index contributed by atoms with van der Waals surface area (Å²) in [5, 5.41) is 4.41. The number of anilines is 1. The first-order valence-corrected chi connectivity index (χ1v) is 12.0. The number of nitrogens with zero attached hydrogens (tertiary/aromatic N) is 3. The largest absolute Gasteiger partial charge is 0.476 e. The molecule has 0 spiro atoms. The van der Waals surface area contributed by atoms with Gasteiger partial charge in [-0.05, 0) is 56.2 Å². The Labute approximate surface area is 186 Å². The standard InChI is InChI=1S/C23H24FN3O4S/c1-13-19(14(2)26(4)25-13)12-27-21-11-17(10-20(24)22(21)31-15(3)23(27)28)16-7-6-8-18(9-16)32(5,29)30/h6-11,15H,12H2,1-5H3. The lowest BCUT2D eigenvalue weighted by Gasteiger charge is -2.33. The molecular formula is C23H24FN3O4S. The molecular weight excluding hydrogens is 433 g/mol. The van der Waals surface area contributed by atoms with Gasteiger partial charge in [0.05, 0.1) is 22.8 Å². The lowest BCUT2D eigenvalue weighted by molar-refractivity contribution is -0.125. The molecule has 168 valence electrons. The number of rotatable bonds is 4. The van der Waals surface area contributed by atoms with Crippen LogP contribution in [0.4, 0.5) is 10.1 Å². The molecule has 1 aliphatic heterocycles. The smallest absolute Gasteiger partial charge is 0.268 e. The number of hydrogen-bond acceptors (Lipinski definition) is 5. The molecule has 1 aromatic heterocycles. The van der Waals surface area contributed by atoms with Crippen molar-refractivity contribution in [3.8, 4) is 16.9 Å². The van der Waals surface area contributed by atoms with Crippen LogP contribution in [0.3, 0.4) is 0 Å². The van der Waals surface area contributed by atoms with E-state index in [0.29, 0.717) is 16.8 Å². The van der Waals surface area contributed by atoms with E-state index in [2.05, 4.69) is 5.10 Å². The Morgan fingerprint density at radius 2 is 1.88 bits per heavy atom. The maximum absolute atomic E-state index is 15.1. The molecule has 1 atom stereocenters. The molecule has 0 saturated carbocycles. The number of carbonyl (C=O) groups excluding carboxylic acids is 1. The van der Waals surface area contributed by atoms with Gasteiger partial charge in [-0.25, -0.2) is 12.8 Å². The summed E-state index contributed by atoms with van der Waals surface area (Å²) in [7, 11) is -1.60. The van der Waals surface area contributed by atoms with Gasteiger partial charge in [-0.3, -0.25) is 9.48 Å². The third kappa shape index (κ3) is 3.77. The summed E-state index contributed by atoms with van der Waals surface area (Å²) in [6.07, 6.45) is 0.280. The van der Waals surface area contributed by atoms with Crippen LogP contribution in [-0.2, 0) is 28.2 Å². The third-order valence-corrected chi connectivity index (χ3v) is 6.90. The highest BCUT2D eigenvalue weighted by molar-refractivity contribution is 7.90. The van der Waals surface area contributed by atoms with Gasteiger partial charge in [0.2, 0.25) is 0 Å². The van der Waals surface area contributed by atoms with Gasteiger partial charge < -0.3 is 9.64 Å². The molecule has 1 aliphatic rings. The number of amides is 1. The van der Waals surface area contributed by atoms with E-state index in [1.165, 1.54) is 23.1 Å². The number of aromatic nitrogens is 2. The van der Waals surface area contributed by atoms with Crippen LogP contribution in [0.25, 0.3) is 11.1 Å². The van der Waals surface area contributed by atoms with E-state index in [4.69, 9.17) is 4.74 Å². The van der Waals surface area contributed by atoms with Crippen LogP contribution in [-0.4, -0.2) is 36.5 Å². The van der Waals surface area contributed by atoms with E-state index in [-0.39, 0.29) is 23.1 Å². The summed E-state index contributed by atoms with van der Waals surface area (Å²) in [4.78, 5) is 14.7. The second kappa shape index (κ2) is 7.74. The van der Waals surface area contributed by atoms with Gasteiger partial charge in [0.1, 0.15) is 0 Å². The monoisotopic (exact) mass is 457 g/mol. The van der Waals surface area contributed by atoms with Crippen molar-refractivity contribution in [3.63, 3.8) is 0 Å². The number of carbonyl (C=O) groups is 1. The van der Waals surface area contributed by atoms with Crippen LogP contribution in [0.15, 0.2) is 41.3 Å². The molecule has 0 saturated heterocycles. The van der Waals surface area contributed by atoms with Crippen molar-refractivity contribution in [3.05, 3.63) is 59.2 Å². The lowest BCUT2D eigenvalue weighted by atomic mass is 10.0. The van der Waals surface area contributed by atoms with Crippen molar-refractivity contribution < 1.29 is 22.3 Å². The zero-order valence-electron chi connectivity index (χ0n) is 18.5. The lowest BCUT2D eigenvalue weighted by Crippen LogP contribution is -2.44. The highest BCUT2D eigenvalue weighted by Gasteiger charge is 2.35. The first kappa shape index (κ1) is 22.0. The summed E-state index contributed by atoms with van der Waals surface area (Å²) in [6, 6.07) is 9.23. The molecule has 0 bridgehead atoms. The molecule has 7 nitrogen and oxygen atoms in total. The van der Waals surface area contributed by atoms with Crippen LogP contribution in [0, 0.1) is 19.7 Å². The fraction of sp³-hybridized carbons (Fsp3) is 0.304. The number of aryl methyl sites for hydroxylation is 2. The van der Waals surface area contributed by atoms with Crippen molar-refractivity contribution in [1.82, 2.24) is 9.78 Å². The fourth-order valence-electron chi connectivity index (χ4n) is 3.90. The van der Waals surface area contributed by atoms with E-state index < -0.39 is 21.8 Å². The van der Waals surface area contributed by atoms with E-state index in [0.717, 1.165) is 23.2 Å². The maximum Gasteiger partial charge on any atom is 0.268 e. The Balaban J connectivity index is 1.85. The molecule has 32 heavy (non-hydrogen) atoms. The van der Waals surface area contributed by atoms with Gasteiger partial charge >= 0.3 is 0 Å². The van der Waals surface area contributed by atoms with E-state index in [1.54, 1.807) is 29.8 Å². The van der Waals surface area contributed by atoms with Gasteiger partial charge in [0, 0.05) is 24.6 Å². The molecule has 0 aliphatic carbocycles. The summed E-state index contributed by atoms with van der Waals surface area (Å²) < 4.78 is 46.4. The quantitative estimate of drug-likeness (QED) is 0.598. The number of halogens is 1. The number of sulfone groups is 1. The van der Waals surface area contributed by atoms with Gasteiger partial charge in [-0.1, -0.05) is 12.1 Å². The molecule has 2 aromatic carbocycles. The van der Waals surface area contributed by atoms with Crippen LogP contribution in [0.1, 0.15) is 23.9 Å². The van der Waals surface area contributed by atoms with Gasteiger partial charge in [0.15, 0.2) is 27.5 Å². The van der Waals surface area contributed by atoms with E-state index in [1.807, 2.05) is 20.9 Å². The predicted octanol–water partition coefficient (Wildman–Crippen LogP) is 3.56. The Morgan fingerprint density at radius 3 is 2.50 bits per heavy atom. The van der Waals surface area contributed by atoms with Gasteiger partial charge in [-0.15, -0.1) is 0 Å². The van der Waals surface area contributed by atoms with Crippen LogP contribution in [0.5, 0.6) is 5.75 Å². The minimum absolute atomic E-state index is 0.000635. The zero-order valence-corrected chi connectivity index (χ0v) is 19.3. The van der Waals surface area contributed by atoms with Crippen LogP contribution >= 0.6 is 0 Å². The molecule has 1 amide bonds. The molecule has 4 rings (SSSR count). The van der Waals surface area contributed by atoms with E-state index >= 15 is 4.39 Å². The molecule has 1 unspecified atom stereocenters. The molecule has 0 N–H and O–H groups in total. The summed E-state index contributed by atoms with van der Waals surface area (Å²) in [5.41, 5.74) is 3.85. The van der Waals surface area contributed by atoms with Crippen molar-refractivity contribution >= 4 is 21.4 Å². The number of ether oxygens (including phenoxy) is 1. The number of hydrogen-bond donors (Lipinski definition) is 0. The normalized spacial score (nSPS) is 16.1. The highest BCUT2D eigenvalue weighted by Crippen LogP contribution is 2.41. The van der Waals surface area contributed by atoms with Crippen molar-refractivity contribution in [2.45, 2.75) is 38.3 Å². The average molecular weight is 458 g/mol. The summed E-state index contributed by atoms with van der Waals surface area (Å²) in [5.74, 6) is -0.910. The maximum atomic E-state index is 15.1. The summed E-state index contributed by atoms with van der Waals surface area (Å²) in [6.45, 7) is 5.59. The van der Waals surface area contributed by atoms with Crippen molar-refractivity contribution in [2.75, 3.05) is 11.2 Å². The Morgan fingerprint density at radius 1 is 1.16 bits per heavy atom. The average Bonchev–Trinajstić information content (AvgIpc) is 2.97. The highest BCUT2D eigenvalue weighted by atomic mass is 32.2. The Kier molecular flexibility index (Phi) is 5.32. The first-order chi connectivity index (χ1) is 15.0. The Hall–Kier alpha value is -3.20. The minimum atomic E-state index is -3.43. The topological polar surface area (TPSA) is 81.5 Å². The zero-order chi connectivity index (χ0) is 23.4. The van der Waals surface area contributed by atoms with Gasteiger partial charge in [0.25, 0.3) is 5.91 Å². The molecule has 9 heteroatoms. The van der Waals surface area contributed by atoms with Gasteiger partial charge in [-0.2, -0.15) is 5.10 Å². The predicted molar refractivity (Wildman–Crippen MR) is 119 cm³/mol. The SMILES string of the molecule is Cc1nn(C)c(C)c1CN1C(=O)C(C)Oc2c(F)cc(-c3cccc(S(C)(=O)=O)c3)cc21. The molecule has 0 fully saturated rings. The fourth-order valence-corrected chi connectivity index (χ4v) is 4.57. The second-order valence-electron chi connectivity index (χ2n) is 8.06. The molecule has 0 radical (unpaired) electrons. The Bertz CT molecular complexity index is 1350. The second-order valence-corrected chi connectivity index (χ2v) is 10.1. The van der Waals surface area contributed by atoms with Crippen LogP contribution < -0.4 is 9.64 Å². The molecule has 2 heterocycles. The van der Waals surface area contributed by atoms with E-state index in [9.17, 15) is 13.2 Å². The summed E-state index contributed by atoms with van der Waals surface area (Å²) >= 11 is 0. The van der Waals surface area contributed by atoms with Crippen LogP contribution in [0.2, 0.25) is 0 Å². The number of fused-ring (bicyclic) bond motifs is 1. The molecule has 3 aromatic rings. The third-order valence-electron chi connectivity index (χ3n) is 5.79. The number of benzene rings is 2. The minimum Gasteiger partial charge on any atom is -0.476 e. The first-order valence-electron chi connectivity index (χ1n) is 10.1. The van der Waals surface area contributed by atoms with Crippen molar-refractivity contribution in [2.24, 2.45) is 7.05 Å². The van der Waals surface area contributed by atoms with Crippen molar-refractivity contribution in [1.29, 1.82) is 0 Å².